The van der Waals surface area contributed by atoms with Crippen LogP contribution in [-0.4, -0.2) is 56.3 Å². The summed E-state index contributed by atoms with van der Waals surface area (Å²) < 4.78 is 20.7. The predicted octanol–water partition coefficient (Wildman–Crippen LogP) is 6.45. The van der Waals surface area contributed by atoms with Crippen LogP contribution in [0.1, 0.15) is 12.8 Å². The maximum absolute atomic E-state index is 14.7. The zero-order valence-corrected chi connectivity index (χ0v) is 21.3. The molecule has 7 rings (SSSR count). The van der Waals surface area contributed by atoms with E-state index in [4.69, 9.17) is 4.74 Å². The molecule has 0 unspecified atom stereocenters. The maximum atomic E-state index is 14.7. The fraction of sp³-hybridized carbons (Fsp3) is 0.194. The van der Waals surface area contributed by atoms with Crippen LogP contribution in [0.25, 0.3) is 55.4 Å². The van der Waals surface area contributed by atoms with E-state index >= 15 is 0 Å². The second-order valence-corrected chi connectivity index (χ2v) is 9.98. The molecule has 3 aromatic heterocycles. The van der Waals surface area contributed by atoms with Crippen molar-refractivity contribution in [3.8, 4) is 39.4 Å². The first-order valence-electron chi connectivity index (χ1n) is 13.2. The zero-order chi connectivity index (χ0) is 26.2. The Bertz CT molecular complexity index is 1770. The molecule has 8 heteroatoms. The highest BCUT2D eigenvalue weighted by molar-refractivity contribution is 6.02. The molecule has 194 valence electrons. The fourth-order valence-corrected chi connectivity index (χ4v) is 5.48. The van der Waals surface area contributed by atoms with Crippen molar-refractivity contribution in [3.05, 3.63) is 85.2 Å². The molecule has 0 bridgehead atoms. The number of rotatable bonds is 7. The standard InChI is InChI=1S/C31H27FN6O/c32-23-12-21(13-24(15-23)39-11-10-38-8-1-2-9-38)25-4-3-5-28-26(25)16-30(35-28)31-27-14-20(6-7-29(27)36-37-31)22-17-33-19-34-18-22/h3-7,12-19,35H,1-2,8-11H2,(H,36,37). The highest BCUT2D eigenvalue weighted by Gasteiger charge is 2.16. The molecular weight excluding hydrogens is 491 g/mol. The Hall–Kier alpha value is -4.56. The third kappa shape index (κ3) is 4.64. The number of nitrogens with zero attached hydrogens (tertiary/aromatic N) is 4. The van der Waals surface area contributed by atoms with Crippen LogP contribution in [0.2, 0.25) is 0 Å². The van der Waals surface area contributed by atoms with Crippen molar-refractivity contribution in [2.24, 2.45) is 0 Å². The van der Waals surface area contributed by atoms with Gasteiger partial charge in [0, 0.05) is 46.9 Å². The van der Waals surface area contributed by atoms with Crippen molar-refractivity contribution in [3.63, 3.8) is 0 Å². The van der Waals surface area contributed by atoms with E-state index < -0.39 is 0 Å². The zero-order valence-electron chi connectivity index (χ0n) is 21.3. The Morgan fingerprint density at radius 2 is 1.72 bits per heavy atom. The molecule has 4 heterocycles. The Labute approximate surface area is 224 Å². The van der Waals surface area contributed by atoms with Gasteiger partial charge in [0.1, 0.15) is 30.2 Å². The molecule has 0 aliphatic carbocycles. The van der Waals surface area contributed by atoms with E-state index in [9.17, 15) is 4.39 Å². The van der Waals surface area contributed by atoms with Gasteiger partial charge >= 0.3 is 0 Å². The van der Waals surface area contributed by atoms with Crippen molar-refractivity contribution < 1.29 is 9.13 Å². The highest BCUT2D eigenvalue weighted by Crippen LogP contribution is 2.36. The van der Waals surface area contributed by atoms with Gasteiger partial charge in [0.05, 0.1) is 11.2 Å². The summed E-state index contributed by atoms with van der Waals surface area (Å²) in [5, 5.41) is 9.74. The molecule has 1 fully saturated rings. The van der Waals surface area contributed by atoms with Crippen LogP contribution in [-0.2, 0) is 0 Å². The Kier molecular flexibility index (Phi) is 6.01. The van der Waals surface area contributed by atoms with Gasteiger partial charge in [-0.3, -0.25) is 10.00 Å². The van der Waals surface area contributed by atoms with Gasteiger partial charge in [0.25, 0.3) is 0 Å². The lowest BCUT2D eigenvalue weighted by Crippen LogP contribution is -2.25. The van der Waals surface area contributed by atoms with Gasteiger partial charge in [-0.2, -0.15) is 5.10 Å². The van der Waals surface area contributed by atoms with E-state index in [1.807, 2.05) is 36.4 Å². The third-order valence-corrected chi connectivity index (χ3v) is 7.43. The summed E-state index contributed by atoms with van der Waals surface area (Å²) in [6, 6.07) is 19.2. The SMILES string of the molecule is Fc1cc(OCCN2CCCC2)cc(-c2cccc3[nH]c(-c4n[nH]c5ccc(-c6cncnc6)cc45)cc23)c1. The minimum Gasteiger partial charge on any atom is -0.492 e. The van der Waals surface area contributed by atoms with Gasteiger partial charge in [0.15, 0.2) is 0 Å². The molecular formula is C31H27FN6O. The lowest BCUT2D eigenvalue weighted by Gasteiger charge is -2.15. The minimum atomic E-state index is -0.313. The number of fused-ring (bicyclic) bond motifs is 2. The second-order valence-electron chi connectivity index (χ2n) is 9.98. The van der Waals surface area contributed by atoms with Crippen molar-refractivity contribution in [2.75, 3.05) is 26.2 Å². The van der Waals surface area contributed by atoms with E-state index in [1.165, 1.54) is 25.2 Å². The highest BCUT2D eigenvalue weighted by atomic mass is 19.1. The van der Waals surface area contributed by atoms with Crippen LogP contribution in [0.15, 0.2) is 79.4 Å². The van der Waals surface area contributed by atoms with E-state index in [1.54, 1.807) is 18.5 Å². The molecule has 0 amide bonds. The Balaban J connectivity index is 1.23. The van der Waals surface area contributed by atoms with Crippen LogP contribution in [0.5, 0.6) is 5.75 Å². The number of benzene rings is 3. The molecule has 39 heavy (non-hydrogen) atoms. The number of hydrogen-bond acceptors (Lipinski definition) is 5. The summed E-state index contributed by atoms with van der Waals surface area (Å²) in [5.41, 5.74) is 7.24. The van der Waals surface area contributed by atoms with Crippen molar-refractivity contribution in [1.82, 2.24) is 30.0 Å². The normalized spacial score (nSPS) is 14.0. The van der Waals surface area contributed by atoms with E-state index in [2.05, 4.69) is 42.2 Å². The summed E-state index contributed by atoms with van der Waals surface area (Å²) in [4.78, 5) is 14.2. The van der Waals surface area contributed by atoms with Crippen LogP contribution in [0, 0.1) is 5.82 Å². The first-order valence-corrected chi connectivity index (χ1v) is 13.2. The molecule has 0 spiro atoms. The number of likely N-dealkylation sites (tertiary alicyclic amines) is 1. The van der Waals surface area contributed by atoms with Crippen LogP contribution in [0.4, 0.5) is 4.39 Å². The summed E-state index contributed by atoms with van der Waals surface area (Å²) in [7, 11) is 0. The first-order chi connectivity index (χ1) is 19.2. The molecule has 7 nitrogen and oxygen atoms in total. The van der Waals surface area contributed by atoms with Crippen LogP contribution >= 0.6 is 0 Å². The Morgan fingerprint density at radius 1 is 0.846 bits per heavy atom. The molecule has 1 saturated heterocycles. The number of hydrogen-bond donors (Lipinski definition) is 2. The van der Waals surface area contributed by atoms with E-state index in [0.717, 1.165) is 75.1 Å². The van der Waals surface area contributed by atoms with Gasteiger partial charge in [-0.05, 0) is 79.0 Å². The van der Waals surface area contributed by atoms with Gasteiger partial charge in [-0.1, -0.05) is 18.2 Å². The minimum absolute atomic E-state index is 0.313. The summed E-state index contributed by atoms with van der Waals surface area (Å²) in [6.45, 7) is 3.63. The number of nitrogens with one attached hydrogen (secondary N) is 2. The number of H-pyrrole nitrogens is 2. The van der Waals surface area contributed by atoms with Crippen LogP contribution in [0.3, 0.4) is 0 Å². The van der Waals surface area contributed by atoms with Gasteiger partial charge in [-0.15, -0.1) is 0 Å². The van der Waals surface area contributed by atoms with E-state index in [-0.39, 0.29) is 5.82 Å². The van der Waals surface area contributed by atoms with Crippen LogP contribution < -0.4 is 4.74 Å². The topological polar surface area (TPSA) is 82.7 Å². The fourth-order valence-electron chi connectivity index (χ4n) is 5.48. The smallest absolute Gasteiger partial charge is 0.127 e. The van der Waals surface area contributed by atoms with Crippen molar-refractivity contribution in [2.45, 2.75) is 12.8 Å². The third-order valence-electron chi connectivity index (χ3n) is 7.43. The summed E-state index contributed by atoms with van der Waals surface area (Å²) in [6.07, 6.45) is 7.60. The first kappa shape index (κ1) is 23.5. The number of aromatic amines is 2. The number of halogens is 1. The predicted molar refractivity (Wildman–Crippen MR) is 151 cm³/mol. The Morgan fingerprint density at radius 3 is 2.59 bits per heavy atom. The van der Waals surface area contributed by atoms with Crippen molar-refractivity contribution in [1.29, 1.82) is 0 Å². The monoisotopic (exact) mass is 518 g/mol. The van der Waals surface area contributed by atoms with Gasteiger partial charge in [0.2, 0.25) is 0 Å². The van der Waals surface area contributed by atoms with Gasteiger partial charge < -0.3 is 9.72 Å². The lowest BCUT2D eigenvalue weighted by molar-refractivity contribution is 0.237. The molecule has 2 N–H and O–H groups in total. The molecule has 0 saturated carbocycles. The lowest BCUT2D eigenvalue weighted by atomic mass is 10.0. The number of ether oxygens (including phenoxy) is 1. The summed E-state index contributed by atoms with van der Waals surface area (Å²) in [5.74, 6) is 0.236. The molecule has 0 atom stereocenters. The quantitative estimate of drug-likeness (QED) is 0.254. The second kappa shape index (κ2) is 9.96. The average molecular weight is 519 g/mol. The van der Waals surface area contributed by atoms with E-state index in [0.29, 0.717) is 12.4 Å². The van der Waals surface area contributed by atoms with Gasteiger partial charge in [-0.25, -0.2) is 14.4 Å². The molecule has 1 aliphatic heterocycles. The molecule has 0 radical (unpaired) electrons. The van der Waals surface area contributed by atoms with Crippen molar-refractivity contribution >= 4 is 21.8 Å². The average Bonchev–Trinajstić information content (AvgIpc) is 3.72. The molecule has 3 aromatic carbocycles. The number of aromatic nitrogens is 5. The molecule has 1 aliphatic rings. The largest absolute Gasteiger partial charge is 0.492 e. The maximum Gasteiger partial charge on any atom is 0.127 e. The summed E-state index contributed by atoms with van der Waals surface area (Å²) >= 11 is 0. The molecule has 6 aromatic rings.